The lowest BCUT2D eigenvalue weighted by molar-refractivity contribution is 0.620. The molecular weight excluding hydrogens is 245 g/mol. The molecule has 0 saturated heterocycles. The number of terminal acetylenes is 1. The fourth-order valence-corrected chi connectivity index (χ4v) is 1.78. The predicted molar refractivity (Wildman–Crippen MR) is 59.4 cm³/mol. The van der Waals surface area contributed by atoms with Crippen molar-refractivity contribution in [1.82, 2.24) is 5.32 Å². The van der Waals surface area contributed by atoms with Crippen molar-refractivity contribution in [2.45, 2.75) is 13.0 Å². The van der Waals surface area contributed by atoms with E-state index in [2.05, 4.69) is 27.2 Å². The summed E-state index contributed by atoms with van der Waals surface area (Å²) in [5.74, 6) is 2.35. The van der Waals surface area contributed by atoms with Gasteiger partial charge in [0.1, 0.15) is 5.82 Å². The molecular formula is C11H11BrFN. The van der Waals surface area contributed by atoms with Crippen LogP contribution < -0.4 is 5.32 Å². The van der Waals surface area contributed by atoms with Crippen LogP contribution in [0.4, 0.5) is 4.39 Å². The maximum atomic E-state index is 12.8. The van der Waals surface area contributed by atoms with Crippen molar-refractivity contribution in [3.8, 4) is 12.3 Å². The van der Waals surface area contributed by atoms with Gasteiger partial charge in [-0.15, -0.1) is 6.42 Å². The Bertz CT molecular complexity index is 357. The van der Waals surface area contributed by atoms with Gasteiger partial charge < -0.3 is 5.32 Å². The fraction of sp³-hybridized carbons (Fsp3) is 0.273. The molecule has 0 saturated carbocycles. The van der Waals surface area contributed by atoms with Crippen molar-refractivity contribution in [1.29, 1.82) is 0 Å². The Morgan fingerprint density at radius 2 is 2.36 bits per heavy atom. The summed E-state index contributed by atoms with van der Waals surface area (Å²) < 4.78 is 13.5. The molecule has 74 valence electrons. The zero-order valence-corrected chi connectivity index (χ0v) is 9.44. The van der Waals surface area contributed by atoms with Gasteiger partial charge in [0.2, 0.25) is 0 Å². The van der Waals surface area contributed by atoms with Crippen LogP contribution in [0.2, 0.25) is 0 Å². The first-order chi connectivity index (χ1) is 6.69. The first-order valence-electron chi connectivity index (χ1n) is 4.33. The fourth-order valence-electron chi connectivity index (χ4n) is 1.20. The highest BCUT2D eigenvalue weighted by atomic mass is 79.9. The molecule has 0 aromatic heterocycles. The van der Waals surface area contributed by atoms with E-state index >= 15 is 0 Å². The maximum Gasteiger partial charge on any atom is 0.124 e. The van der Waals surface area contributed by atoms with Crippen molar-refractivity contribution in [3.05, 3.63) is 34.1 Å². The number of hydrogen-bond donors (Lipinski definition) is 1. The van der Waals surface area contributed by atoms with E-state index in [1.807, 2.05) is 6.92 Å². The van der Waals surface area contributed by atoms with Crippen LogP contribution in [-0.2, 0) is 0 Å². The van der Waals surface area contributed by atoms with Crippen LogP contribution in [0.5, 0.6) is 0 Å². The zero-order valence-electron chi connectivity index (χ0n) is 7.85. The highest BCUT2D eigenvalue weighted by Crippen LogP contribution is 2.23. The second-order valence-electron chi connectivity index (χ2n) is 2.82. The smallest absolute Gasteiger partial charge is 0.124 e. The molecule has 1 rings (SSSR count). The molecule has 1 atom stereocenters. The topological polar surface area (TPSA) is 12.0 Å². The van der Waals surface area contributed by atoms with Gasteiger partial charge in [0, 0.05) is 4.47 Å². The molecule has 0 aliphatic carbocycles. The molecule has 0 radical (unpaired) electrons. The normalized spacial score (nSPS) is 12.1. The number of benzene rings is 1. The van der Waals surface area contributed by atoms with Gasteiger partial charge in [0.05, 0.1) is 6.04 Å². The minimum Gasteiger partial charge on any atom is -0.300 e. The summed E-state index contributed by atoms with van der Waals surface area (Å²) in [6.07, 6.45) is 5.37. The molecule has 0 aliphatic rings. The molecule has 0 aliphatic heterocycles. The van der Waals surface area contributed by atoms with Crippen molar-refractivity contribution < 1.29 is 4.39 Å². The highest BCUT2D eigenvalue weighted by Gasteiger charge is 2.10. The zero-order chi connectivity index (χ0) is 10.6. The van der Waals surface area contributed by atoms with Gasteiger partial charge in [-0.2, -0.15) is 0 Å². The van der Waals surface area contributed by atoms with E-state index in [0.717, 1.165) is 12.1 Å². The molecule has 0 fully saturated rings. The van der Waals surface area contributed by atoms with Gasteiger partial charge in [-0.25, -0.2) is 4.39 Å². The summed E-state index contributed by atoms with van der Waals surface area (Å²) in [5, 5.41) is 3.12. The van der Waals surface area contributed by atoms with E-state index in [-0.39, 0.29) is 11.9 Å². The van der Waals surface area contributed by atoms with E-state index in [9.17, 15) is 4.39 Å². The summed E-state index contributed by atoms with van der Waals surface area (Å²) in [4.78, 5) is 0. The molecule has 0 spiro atoms. The lowest BCUT2D eigenvalue weighted by Crippen LogP contribution is -2.19. The molecule has 0 amide bonds. The summed E-state index contributed by atoms with van der Waals surface area (Å²) >= 11 is 3.28. The molecule has 3 heteroatoms. The third-order valence-corrected chi connectivity index (χ3v) is 2.54. The Kier molecular flexibility index (Phi) is 4.12. The number of halogens is 2. The monoisotopic (exact) mass is 255 g/mol. The lowest BCUT2D eigenvalue weighted by atomic mass is 10.1. The van der Waals surface area contributed by atoms with E-state index in [0.29, 0.717) is 4.47 Å². The maximum absolute atomic E-state index is 12.8. The first kappa shape index (κ1) is 11.2. The molecule has 1 aromatic rings. The minimum atomic E-state index is -0.270. The molecule has 0 heterocycles. The average molecular weight is 256 g/mol. The Labute approximate surface area is 91.8 Å². The average Bonchev–Trinajstić information content (AvgIpc) is 2.15. The Morgan fingerprint density at radius 1 is 1.64 bits per heavy atom. The number of rotatable bonds is 3. The van der Waals surface area contributed by atoms with Crippen LogP contribution in [-0.4, -0.2) is 6.54 Å². The highest BCUT2D eigenvalue weighted by molar-refractivity contribution is 9.10. The minimum absolute atomic E-state index is 0.171. The summed E-state index contributed by atoms with van der Waals surface area (Å²) in [6.45, 7) is 2.75. The first-order valence-corrected chi connectivity index (χ1v) is 5.12. The molecule has 1 N–H and O–H groups in total. The van der Waals surface area contributed by atoms with Crippen molar-refractivity contribution in [2.75, 3.05) is 6.54 Å². The van der Waals surface area contributed by atoms with Gasteiger partial charge in [-0.1, -0.05) is 34.8 Å². The standard InChI is InChI=1S/C11H11BrFN/c1-3-11(14-4-2)9-6-5-8(13)7-10(9)12/h1,5-7,11,14H,4H2,2H3. The quantitative estimate of drug-likeness (QED) is 0.820. The Hall–Kier alpha value is -0.850. The van der Waals surface area contributed by atoms with Crippen LogP contribution in [0.1, 0.15) is 18.5 Å². The third kappa shape index (κ3) is 2.57. The van der Waals surface area contributed by atoms with Gasteiger partial charge in [0.25, 0.3) is 0 Å². The van der Waals surface area contributed by atoms with E-state index in [1.165, 1.54) is 12.1 Å². The number of hydrogen-bond acceptors (Lipinski definition) is 1. The van der Waals surface area contributed by atoms with Crippen LogP contribution in [0.3, 0.4) is 0 Å². The summed E-state index contributed by atoms with van der Waals surface area (Å²) in [6, 6.07) is 4.33. The van der Waals surface area contributed by atoms with Crippen LogP contribution in [0.25, 0.3) is 0 Å². The van der Waals surface area contributed by atoms with Gasteiger partial charge >= 0.3 is 0 Å². The lowest BCUT2D eigenvalue weighted by Gasteiger charge is -2.13. The Morgan fingerprint density at radius 3 is 2.86 bits per heavy atom. The Balaban J connectivity index is 3.00. The van der Waals surface area contributed by atoms with Crippen molar-refractivity contribution in [3.63, 3.8) is 0 Å². The molecule has 0 bridgehead atoms. The summed E-state index contributed by atoms with van der Waals surface area (Å²) in [7, 11) is 0. The predicted octanol–water partition coefficient (Wildman–Crippen LogP) is 2.87. The van der Waals surface area contributed by atoms with Gasteiger partial charge in [-0.3, -0.25) is 0 Å². The summed E-state index contributed by atoms with van der Waals surface area (Å²) in [5.41, 5.74) is 0.885. The van der Waals surface area contributed by atoms with Crippen molar-refractivity contribution in [2.24, 2.45) is 0 Å². The van der Waals surface area contributed by atoms with Gasteiger partial charge in [-0.05, 0) is 24.2 Å². The second-order valence-corrected chi connectivity index (χ2v) is 3.68. The second kappa shape index (κ2) is 5.14. The molecule has 1 aromatic carbocycles. The number of nitrogens with one attached hydrogen (secondary N) is 1. The van der Waals surface area contributed by atoms with Crippen LogP contribution in [0.15, 0.2) is 22.7 Å². The van der Waals surface area contributed by atoms with Gasteiger partial charge in [0.15, 0.2) is 0 Å². The SMILES string of the molecule is C#CC(NCC)c1ccc(F)cc1Br. The van der Waals surface area contributed by atoms with Crippen LogP contribution in [0, 0.1) is 18.2 Å². The third-order valence-electron chi connectivity index (χ3n) is 1.85. The molecule has 14 heavy (non-hydrogen) atoms. The molecule has 1 nitrogen and oxygen atoms in total. The molecule has 1 unspecified atom stereocenters. The van der Waals surface area contributed by atoms with Crippen molar-refractivity contribution >= 4 is 15.9 Å². The van der Waals surface area contributed by atoms with Crippen LogP contribution >= 0.6 is 15.9 Å². The van der Waals surface area contributed by atoms with E-state index < -0.39 is 0 Å². The van der Waals surface area contributed by atoms with E-state index in [4.69, 9.17) is 6.42 Å². The largest absolute Gasteiger partial charge is 0.300 e. The van der Waals surface area contributed by atoms with E-state index in [1.54, 1.807) is 6.07 Å².